The molecule has 0 bridgehead atoms. The van der Waals surface area contributed by atoms with E-state index in [9.17, 15) is 4.79 Å². The molecular formula is C5H6N6O2. The van der Waals surface area contributed by atoms with Crippen LogP contribution in [-0.4, -0.2) is 30.4 Å². The predicted molar refractivity (Wildman–Crippen MR) is 38.8 cm³/mol. The quantitative estimate of drug-likeness (QED) is 0.619. The first-order valence-electron chi connectivity index (χ1n) is 3.53. The van der Waals surface area contributed by atoms with Crippen LogP contribution >= 0.6 is 0 Å². The average molecular weight is 182 g/mol. The highest BCUT2D eigenvalue weighted by atomic mass is 16.4. The monoisotopic (exact) mass is 182 g/mol. The zero-order valence-corrected chi connectivity index (χ0v) is 6.76. The lowest BCUT2D eigenvalue weighted by molar-refractivity contribution is 0.437. The summed E-state index contributed by atoms with van der Waals surface area (Å²) in [7, 11) is 0. The van der Waals surface area contributed by atoms with E-state index >= 15 is 0 Å². The van der Waals surface area contributed by atoms with Crippen LogP contribution in [0, 0.1) is 6.92 Å². The fourth-order valence-corrected chi connectivity index (χ4v) is 0.850. The van der Waals surface area contributed by atoms with Gasteiger partial charge in [-0.2, -0.15) is 4.68 Å². The molecule has 0 amide bonds. The van der Waals surface area contributed by atoms with Gasteiger partial charge in [0.1, 0.15) is 6.54 Å². The van der Waals surface area contributed by atoms with Crippen molar-refractivity contribution < 1.29 is 4.42 Å². The molecule has 1 N–H and O–H groups in total. The molecule has 0 aromatic carbocycles. The van der Waals surface area contributed by atoms with Gasteiger partial charge in [-0.1, -0.05) is 0 Å². The molecule has 0 saturated heterocycles. The van der Waals surface area contributed by atoms with Crippen LogP contribution in [0.2, 0.25) is 0 Å². The Morgan fingerprint density at radius 2 is 2.38 bits per heavy atom. The summed E-state index contributed by atoms with van der Waals surface area (Å²) in [6.07, 6.45) is 0. The maximum atomic E-state index is 10.9. The van der Waals surface area contributed by atoms with Crippen molar-refractivity contribution in [1.82, 2.24) is 30.4 Å². The molecule has 0 aliphatic rings. The van der Waals surface area contributed by atoms with Crippen LogP contribution in [0.4, 0.5) is 0 Å². The predicted octanol–water partition coefficient (Wildman–Crippen LogP) is -1.29. The lowest BCUT2D eigenvalue weighted by Gasteiger charge is -1.89. The first kappa shape index (κ1) is 7.65. The summed E-state index contributed by atoms with van der Waals surface area (Å²) >= 11 is 0. The summed E-state index contributed by atoms with van der Waals surface area (Å²) in [6.45, 7) is 1.80. The molecule has 0 unspecified atom stereocenters. The van der Waals surface area contributed by atoms with E-state index < -0.39 is 5.69 Å². The third kappa shape index (κ3) is 1.45. The van der Waals surface area contributed by atoms with Crippen LogP contribution in [-0.2, 0) is 6.54 Å². The van der Waals surface area contributed by atoms with Gasteiger partial charge in [-0.05, 0) is 10.4 Å². The molecule has 0 spiro atoms. The van der Waals surface area contributed by atoms with Crippen molar-refractivity contribution in [3.8, 4) is 0 Å². The van der Waals surface area contributed by atoms with E-state index in [1.54, 1.807) is 6.92 Å². The topological polar surface area (TPSA) is 102 Å². The molecule has 0 atom stereocenters. The van der Waals surface area contributed by atoms with Gasteiger partial charge < -0.3 is 4.42 Å². The molecule has 2 heterocycles. The number of nitrogens with one attached hydrogen (secondary N) is 1. The number of rotatable bonds is 2. The van der Waals surface area contributed by atoms with Crippen molar-refractivity contribution >= 4 is 0 Å². The standard InChI is InChI=1S/C5H6N6O2/c1-3-6-7-4(13-3)2-11-5(12)8-9-10-11/h2H2,1H3,(H,8,10,12). The van der Waals surface area contributed by atoms with Crippen LogP contribution < -0.4 is 5.69 Å². The molecule has 0 saturated carbocycles. The summed E-state index contributed by atoms with van der Waals surface area (Å²) in [5.41, 5.74) is -0.407. The summed E-state index contributed by atoms with van der Waals surface area (Å²) in [6, 6.07) is 0. The first-order valence-corrected chi connectivity index (χ1v) is 3.53. The summed E-state index contributed by atoms with van der Waals surface area (Å²) in [5, 5.41) is 16.3. The van der Waals surface area contributed by atoms with E-state index in [-0.39, 0.29) is 6.54 Å². The van der Waals surface area contributed by atoms with E-state index in [2.05, 4.69) is 25.7 Å². The third-order valence-corrected chi connectivity index (χ3v) is 1.39. The highest BCUT2D eigenvalue weighted by Crippen LogP contribution is 1.97. The Kier molecular flexibility index (Phi) is 1.65. The lowest BCUT2D eigenvalue weighted by atomic mass is 10.6. The van der Waals surface area contributed by atoms with Gasteiger partial charge in [0.25, 0.3) is 0 Å². The molecule has 2 aromatic rings. The molecule has 68 valence electrons. The lowest BCUT2D eigenvalue weighted by Crippen LogP contribution is -2.18. The SMILES string of the molecule is Cc1nnc(Cn2nn[nH]c2=O)o1. The smallest absolute Gasteiger partial charge is 0.361 e. The molecular weight excluding hydrogens is 176 g/mol. The molecule has 0 fully saturated rings. The number of H-pyrrole nitrogens is 1. The number of aryl methyl sites for hydroxylation is 1. The van der Waals surface area contributed by atoms with Crippen molar-refractivity contribution in [1.29, 1.82) is 0 Å². The van der Waals surface area contributed by atoms with Crippen LogP contribution in [0.15, 0.2) is 9.21 Å². The molecule has 0 aliphatic heterocycles. The maximum Gasteiger partial charge on any atom is 0.361 e. The number of nitrogens with zero attached hydrogens (tertiary/aromatic N) is 5. The minimum Gasteiger partial charge on any atom is -0.424 e. The summed E-state index contributed by atoms with van der Waals surface area (Å²) in [4.78, 5) is 10.9. The molecule has 13 heavy (non-hydrogen) atoms. The average Bonchev–Trinajstić information content (AvgIpc) is 2.64. The number of aromatic nitrogens is 6. The Morgan fingerprint density at radius 1 is 1.54 bits per heavy atom. The molecule has 8 heteroatoms. The molecule has 0 radical (unpaired) electrons. The molecule has 8 nitrogen and oxygen atoms in total. The minimum atomic E-state index is -0.407. The number of aromatic amines is 1. The zero-order chi connectivity index (χ0) is 9.26. The molecule has 2 aromatic heterocycles. The van der Waals surface area contributed by atoms with Gasteiger partial charge in [-0.25, -0.2) is 9.89 Å². The maximum absolute atomic E-state index is 10.9. The van der Waals surface area contributed by atoms with E-state index in [4.69, 9.17) is 4.42 Å². The Labute approximate surface area is 71.6 Å². The highest BCUT2D eigenvalue weighted by Gasteiger charge is 2.06. The second-order valence-electron chi connectivity index (χ2n) is 2.38. The van der Waals surface area contributed by atoms with Crippen LogP contribution in [0.1, 0.15) is 11.8 Å². The second-order valence-corrected chi connectivity index (χ2v) is 2.38. The van der Waals surface area contributed by atoms with E-state index in [1.807, 2.05) is 0 Å². The zero-order valence-electron chi connectivity index (χ0n) is 6.76. The number of hydrogen-bond acceptors (Lipinski definition) is 6. The fraction of sp³-hybridized carbons (Fsp3) is 0.400. The van der Waals surface area contributed by atoms with E-state index in [0.717, 1.165) is 4.68 Å². The van der Waals surface area contributed by atoms with Crippen LogP contribution in [0.5, 0.6) is 0 Å². The Balaban J connectivity index is 2.24. The van der Waals surface area contributed by atoms with Crippen molar-refractivity contribution in [2.24, 2.45) is 0 Å². The van der Waals surface area contributed by atoms with Crippen molar-refractivity contribution in [2.75, 3.05) is 0 Å². The largest absolute Gasteiger partial charge is 0.424 e. The molecule has 0 aliphatic carbocycles. The van der Waals surface area contributed by atoms with Crippen molar-refractivity contribution in [2.45, 2.75) is 13.5 Å². The minimum absolute atomic E-state index is 0.135. The van der Waals surface area contributed by atoms with E-state index in [1.165, 1.54) is 0 Å². The van der Waals surface area contributed by atoms with Crippen molar-refractivity contribution in [3.05, 3.63) is 22.3 Å². The highest BCUT2D eigenvalue weighted by molar-refractivity contribution is 4.78. The summed E-state index contributed by atoms with van der Waals surface area (Å²) in [5.74, 6) is 0.778. The van der Waals surface area contributed by atoms with Gasteiger partial charge in [0, 0.05) is 6.92 Å². The van der Waals surface area contributed by atoms with Crippen LogP contribution in [0.25, 0.3) is 0 Å². The van der Waals surface area contributed by atoms with Gasteiger partial charge in [-0.15, -0.1) is 10.2 Å². The van der Waals surface area contributed by atoms with Gasteiger partial charge >= 0.3 is 5.69 Å². The van der Waals surface area contributed by atoms with Gasteiger partial charge in [0.15, 0.2) is 0 Å². The van der Waals surface area contributed by atoms with Gasteiger partial charge in [0.05, 0.1) is 0 Å². The van der Waals surface area contributed by atoms with Crippen molar-refractivity contribution in [3.63, 3.8) is 0 Å². The number of tetrazole rings is 1. The summed E-state index contributed by atoms with van der Waals surface area (Å²) < 4.78 is 6.14. The van der Waals surface area contributed by atoms with Gasteiger partial charge in [0.2, 0.25) is 11.8 Å². The Hall–Kier alpha value is -1.99. The third-order valence-electron chi connectivity index (χ3n) is 1.39. The number of hydrogen-bond donors (Lipinski definition) is 1. The second kappa shape index (κ2) is 2.81. The fourth-order valence-electron chi connectivity index (χ4n) is 0.850. The first-order chi connectivity index (χ1) is 6.25. The normalized spacial score (nSPS) is 10.5. The Morgan fingerprint density at radius 3 is 2.92 bits per heavy atom. The Bertz CT molecular complexity index is 453. The molecule has 2 rings (SSSR count). The van der Waals surface area contributed by atoms with E-state index in [0.29, 0.717) is 11.8 Å². The van der Waals surface area contributed by atoms with Crippen LogP contribution in [0.3, 0.4) is 0 Å². The van der Waals surface area contributed by atoms with Gasteiger partial charge in [-0.3, -0.25) is 0 Å².